The zero-order chi connectivity index (χ0) is 19.3. The highest BCUT2D eigenvalue weighted by Crippen LogP contribution is 2.44. The molecule has 5 rings (SSSR count). The lowest BCUT2D eigenvalue weighted by Gasteiger charge is -2.48. The number of nitrogens with zero attached hydrogens (tertiary/aromatic N) is 5. The van der Waals surface area contributed by atoms with Crippen LogP contribution in [0, 0.1) is 0 Å². The molecule has 2 aromatic heterocycles. The minimum Gasteiger partial charge on any atom is -0.395 e. The topological polar surface area (TPSA) is 74.5 Å². The number of pyridine rings is 1. The van der Waals surface area contributed by atoms with Crippen LogP contribution < -0.4 is 0 Å². The highest BCUT2D eigenvalue weighted by atomic mass is 16.3. The van der Waals surface area contributed by atoms with E-state index in [1.165, 1.54) is 5.69 Å². The molecule has 0 radical (unpaired) electrons. The molecule has 3 aromatic rings. The van der Waals surface area contributed by atoms with E-state index in [0.29, 0.717) is 19.6 Å². The number of para-hydroxylation sites is 1. The first-order valence-electron chi connectivity index (χ1n) is 9.64. The van der Waals surface area contributed by atoms with E-state index in [9.17, 15) is 4.79 Å². The molecule has 1 aromatic carbocycles. The van der Waals surface area contributed by atoms with E-state index < -0.39 is 0 Å². The third kappa shape index (κ3) is 2.57. The first-order valence-corrected chi connectivity index (χ1v) is 9.64. The summed E-state index contributed by atoms with van der Waals surface area (Å²) in [6, 6.07) is 12.4. The average molecular weight is 377 g/mol. The van der Waals surface area contributed by atoms with Crippen molar-refractivity contribution >= 4 is 16.9 Å². The monoisotopic (exact) mass is 377 g/mol. The molecule has 0 unspecified atom stereocenters. The van der Waals surface area contributed by atoms with Gasteiger partial charge in [-0.1, -0.05) is 18.2 Å². The summed E-state index contributed by atoms with van der Waals surface area (Å²) in [5.74, 6) is 0. The maximum absolute atomic E-state index is 12.4. The van der Waals surface area contributed by atoms with Gasteiger partial charge in [0.15, 0.2) is 0 Å². The smallest absolute Gasteiger partial charge is 0.319 e. The van der Waals surface area contributed by atoms with Gasteiger partial charge in [0, 0.05) is 61.5 Å². The Balaban J connectivity index is 1.39. The largest absolute Gasteiger partial charge is 0.395 e. The molecule has 0 atom stereocenters. The normalized spacial score (nSPS) is 17.0. The van der Waals surface area contributed by atoms with Crippen LogP contribution >= 0.6 is 0 Å². The number of likely N-dealkylation sites (tertiary alicyclic amines) is 1. The SMILES string of the molecule is CN(CCO)C(=O)N1CC2(CCn3nc(-c4cnc5ccccc5c4)cc32)C1. The van der Waals surface area contributed by atoms with E-state index in [2.05, 4.69) is 27.9 Å². The number of carbonyl (C=O) groups is 1. The van der Waals surface area contributed by atoms with E-state index in [-0.39, 0.29) is 18.1 Å². The van der Waals surface area contributed by atoms with Gasteiger partial charge in [-0.3, -0.25) is 9.67 Å². The predicted octanol–water partition coefficient (Wildman–Crippen LogP) is 2.10. The van der Waals surface area contributed by atoms with Crippen LogP contribution in [-0.2, 0) is 12.0 Å². The van der Waals surface area contributed by atoms with Crippen molar-refractivity contribution in [3.63, 3.8) is 0 Å². The van der Waals surface area contributed by atoms with Crippen LogP contribution in [0.3, 0.4) is 0 Å². The molecular formula is C21H23N5O2. The number of fused-ring (bicyclic) bond motifs is 3. The number of amides is 2. The Bertz CT molecular complexity index is 1050. The Morgan fingerprint density at radius 1 is 1.29 bits per heavy atom. The summed E-state index contributed by atoms with van der Waals surface area (Å²) in [6.07, 6.45) is 2.90. The second kappa shape index (κ2) is 6.31. The number of aliphatic hydroxyl groups excluding tert-OH is 1. The molecule has 4 heterocycles. The van der Waals surface area contributed by atoms with Crippen molar-refractivity contribution in [1.82, 2.24) is 24.6 Å². The van der Waals surface area contributed by atoms with E-state index in [4.69, 9.17) is 10.2 Å². The molecule has 2 aliphatic rings. The number of hydrogen-bond donors (Lipinski definition) is 1. The maximum Gasteiger partial charge on any atom is 0.319 e. The van der Waals surface area contributed by atoms with Gasteiger partial charge in [-0.2, -0.15) is 5.10 Å². The van der Waals surface area contributed by atoms with Gasteiger partial charge in [-0.25, -0.2) is 4.79 Å². The van der Waals surface area contributed by atoms with Gasteiger partial charge in [0.1, 0.15) is 0 Å². The molecule has 2 amide bonds. The Hall–Kier alpha value is -2.93. The van der Waals surface area contributed by atoms with Crippen LogP contribution in [0.4, 0.5) is 4.79 Å². The molecule has 144 valence electrons. The number of urea groups is 1. The number of benzene rings is 1. The summed E-state index contributed by atoms with van der Waals surface area (Å²) in [7, 11) is 1.73. The Morgan fingerprint density at radius 3 is 2.93 bits per heavy atom. The molecule has 0 bridgehead atoms. The molecule has 0 saturated carbocycles. The van der Waals surface area contributed by atoms with Gasteiger partial charge in [0.05, 0.1) is 17.8 Å². The third-order valence-electron chi connectivity index (χ3n) is 6.03. The van der Waals surface area contributed by atoms with Crippen molar-refractivity contribution in [2.24, 2.45) is 0 Å². The van der Waals surface area contributed by atoms with Crippen LogP contribution in [-0.4, -0.2) is 69.0 Å². The van der Waals surface area contributed by atoms with Gasteiger partial charge in [0.2, 0.25) is 0 Å². The summed E-state index contributed by atoms with van der Waals surface area (Å²) in [5.41, 5.74) is 4.16. The van der Waals surface area contributed by atoms with Crippen molar-refractivity contribution < 1.29 is 9.90 Å². The van der Waals surface area contributed by atoms with E-state index >= 15 is 0 Å². The molecule has 7 heteroatoms. The minimum absolute atomic E-state index is 0.00520. The molecule has 28 heavy (non-hydrogen) atoms. The second-order valence-electron chi connectivity index (χ2n) is 7.87. The molecule has 1 saturated heterocycles. The first kappa shape index (κ1) is 17.2. The van der Waals surface area contributed by atoms with Gasteiger partial charge in [-0.15, -0.1) is 0 Å². The van der Waals surface area contributed by atoms with E-state index in [0.717, 1.165) is 35.1 Å². The zero-order valence-corrected chi connectivity index (χ0v) is 15.9. The number of likely N-dealkylation sites (N-methyl/N-ethyl adjacent to an activating group) is 1. The molecule has 2 aliphatic heterocycles. The first-order chi connectivity index (χ1) is 13.6. The average Bonchev–Trinajstić information content (AvgIpc) is 3.25. The fraction of sp³-hybridized carbons (Fsp3) is 0.381. The molecule has 1 N–H and O–H groups in total. The van der Waals surface area contributed by atoms with Crippen molar-refractivity contribution in [2.45, 2.75) is 18.4 Å². The van der Waals surface area contributed by atoms with Gasteiger partial charge in [0.25, 0.3) is 0 Å². The quantitative estimate of drug-likeness (QED) is 0.759. The van der Waals surface area contributed by atoms with Crippen LogP contribution in [0.15, 0.2) is 42.6 Å². The minimum atomic E-state index is -0.0170. The summed E-state index contributed by atoms with van der Waals surface area (Å²) >= 11 is 0. The lowest BCUT2D eigenvalue weighted by atomic mass is 9.76. The highest BCUT2D eigenvalue weighted by Gasteiger charge is 2.51. The van der Waals surface area contributed by atoms with Gasteiger partial charge in [-0.05, 0) is 24.6 Å². The number of carbonyl (C=O) groups excluding carboxylic acids is 1. The number of rotatable bonds is 3. The van der Waals surface area contributed by atoms with Crippen molar-refractivity contribution in [3.8, 4) is 11.3 Å². The van der Waals surface area contributed by atoms with E-state index in [1.54, 1.807) is 11.9 Å². The maximum atomic E-state index is 12.4. The predicted molar refractivity (Wildman–Crippen MR) is 106 cm³/mol. The Kier molecular flexibility index (Phi) is 3.87. The fourth-order valence-corrected chi connectivity index (χ4v) is 4.44. The van der Waals surface area contributed by atoms with Crippen molar-refractivity contribution in [2.75, 3.05) is 33.3 Å². The molecular weight excluding hydrogens is 354 g/mol. The van der Waals surface area contributed by atoms with Crippen LogP contribution in [0.5, 0.6) is 0 Å². The third-order valence-corrected chi connectivity index (χ3v) is 6.03. The number of aliphatic hydroxyl groups is 1. The zero-order valence-electron chi connectivity index (χ0n) is 15.9. The molecule has 7 nitrogen and oxygen atoms in total. The van der Waals surface area contributed by atoms with Crippen LogP contribution in [0.2, 0.25) is 0 Å². The van der Waals surface area contributed by atoms with Crippen molar-refractivity contribution in [1.29, 1.82) is 0 Å². The van der Waals surface area contributed by atoms with E-state index in [1.807, 2.05) is 29.3 Å². The molecule has 0 aliphatic carbocycles. The fourth-order valence-electron chi connectivity index (χ4n) is 4.44. The number of aromatic nitrogens is 3. The summed E-state index contributed by atoms with van der Waals surface area (Å²) in [6.45, 7) is 2.65. The summed E-state index contributed by atoms with van der Waals surface area (Å²) in [5, 5.41) is 15.0. The lowest BCUT2D eigenvalue weighted by molar-refractivity contribution is 0.0696. The molecule has 1 spiro atoms. The lowest BCUT2D eigenvalue weighted by Crippen LogP contribution is -2.62. The number of aryl methyl sites for hydroxylation is 1. The second-order valence-corrected chi connectivity index (χ2v) is 7.87. The molecule has 1 fully saturated rings. The van der Waals surface area contributed by atoms with Gasteiger partial charge < -0.3 is 14.9 Å². The standard InChI is InChI=1S/C21H23N5O2/c1-24(8-9-27)20(28)25-13-21(14-25)6-7-26-19(21)11-18(23-26)16-10-15-4-2-3-5-17(15)22-12-16/h2-5,10-12,27H,6-9,13-14H2,1H3. The van der Waals surface area contributed by atoms with Crippen molar-refractivity contribution in [3.05, 3.63) is 48.3 Å². The highest BCUT2D eigenvalue weighted by molar-refractivity contribution is 5.83. The Labute approximate surface area is 163 Å². The summed E-state index contributed by atoms with van der Waals surface area (Å²) in [4.78, 5) is 20.4. The van der Waals surface area contributed by atoms with Crippen LogP contribution in [0.25, 0.3) is 22.2 Å². The Morgan fingerprint density at radius 2 is 2.11 bits per heavy atom. The van der Waals surface area contributed by atoms with Crippen LogP contribution in [0.1, 0.15) is 12.1 Å². The number of hydrogen-bond acceptors (Lipinski definition) is 4. The van der Waals surface area contributed by atoms with Gasteiger partial charge >= 0.3 is 6.03 Å². The summed E-state index contributed by atoms with van der Waals surface area (Å²) < 4.78 is 2.09.